The van der Waals surface area contributed by atoms with Crippen molar-refractivity contribution in [2.24, 2.45) is 5.92 Å². The summed E-state index contributed by atoms with van der Waals surface area (Å²) in [4.78, 5) is 46.6. The third-order valence-corrected chi connectivity index (χ3v) is 5.34. The molecule has 3 heterocycles. The van der Waals surface area contributed by atoms with Crippen molar-refractivity contribution in [3.05, 3.63) is 17.8 Å². The van der Waals surface area contributed by atoms with Gasteiger partial charge in [-0.2, -0.15) is 0 Å². The van der Waals surface area contributed by atoms with Crippen LogP contribution in [0, 0.1) is 5.92 Å². The quantitative estimate of drug-likeness (QED) is 0.833. The summed E-state index contributed by atoms with van der Waals surface area (Å²) < 4.78 is 5.01. The number of fused-ring (bicyclic) bond motifs is 1. The third-order valence-electron chi connectivity index (χ3n) is 5.34. The number of rotatable bonds is 4. The molecular weight excluding hydrogens is 362 g/mol. The number of piperazine rings is 1. The summed E-state index contributed by atoms with van der Waals surface area (Å²) >= 11 is 0. The molecule has 3 aliphatic rings. The molecule has 0 atom stereocenters. The van der Waals surface area contributed by atoms with Gasteiger partial charge in [0.05, 0.1) is 24.4 Å². The maximum absolute atomic E-state index is 12.9. The minimum atomic E-state index is -0.342. The van der Waals surface area contributed by atoms with Crippen LogP contribution in [0.5, 0.6) is 0 Å². The van der Waals surface area contributed by atoms with Crippen molar-refractivity contribution in [3.63, 3.8) is 0 Å². The van der Waals surface area contributed by atoms with Gasteiger partial charge in [0.15, 0.2) is 0 Å². The molecule has 1 aliphatic carbocycles. The van der Waals surface area contributed by atoms with Crippen LogP contribution in [0.1, 0.15) is 30.1 Å². The molecular formula is C19H25N5O4. The Hall–Kier alpha value is -2.84. The predicted octanol–water partition coefficient (Wildman–Crippen LogP) is 1.16. The number of amides is 3. The second kappa shape index (κ2) is 7.65. The average molecular weight is 387 g/mol. The highest BCUT2D eigenvalue weighted by Crippen LogP contribution is 2.35. The predicted molar refractivity (Wildman–Crippen MR) is 102 cm³/mol. The van der Waals surface area contributed by atoms with Crippen LogP contribution < -0.4 is 10.2 Å². The van der Waals surface area contributed by atoms with Crippen molar-refractivity contribution in [3.8, 4) is 0 Å². The minimum absolute atomic E-state index is 0.00819. The maximum Gasteiger partial charge on any atom is 0.409 e. The third kappa shape index (κ3) is 3.74. The van der Waals surface area contributed by atoms with Gasteiger partial charge in [-0.15, -0.1) is 0 Å². The van der Waals surface area contributed by atoms with Gasteiger partial charge >= 0.3 is 6.09 Å². The van der Waals surface area contributed by atoms with E-state index in [4.69, 9.17) is 4.74 Å². The summed E-state index contributed by atoms with van der Waals surface area (Å²) in [5, 5.41) is 3.03. The van der Waals surface area contributed by atoms with E-state index in [9.17, 15) is 14.4 Å². The molecule has 1 aromatic rings. The van der Waals surface area contributed by atoms with Crippen LogP contribution in [-0.2, 0) is 9.53 Å². The van der Waals surface area contributed by atoms with Crippen LogP contribution in [0.2, 0.25) is 0 Å². The van der Waals surface area contributed by atoms with Crippen molar-refractivity contribution < 1.29 is 19.1 Å². The SMILES string of the molecule is CCOC(=O)N1CCN(C(=O)c2cnc3c(c2)N(CC2CC2)C(=O)CN3)CC1. The molecule has 1 aromatic heterocycles. The van der Waals surface area contributed by atoms with E-state index in [-0.39, 0.29) is 24.5 Å². The van der Waals surface area contributed by atoms with Crippen molar-refractivity contribution in [2.75, 3.05) is 56.1 Å². The van der Waals surface area contributed by atoms with Crippen LogP contribution >= 0.6 is 0 Å². The number of carbonyl (C=O) groups excluding carboxylic acids is 3. The van der Waals surface area contributed by atoms with Crippen molar-refractivity contribution in [1.29, 1.82) is 0 Å². The van der Waals surface area contributed by atoms with E-state index in [2.05, 4.69) is 10.3 Å². The van der Waals surface area contributed by atoms with Gasteiger partial charge in [-0.1, -0.05) is 0 Å². The van der Waals surface area contributed by atoms with Crippen molar-refractivity contribution >= 4 is 29.4 Å². The first-order valence-electron chi connectivity index (χ1n) is 9.82. The maximum atomic E-state index is 12.9. The zero-order valence-corrected chi connectivity index (χ0v) is 16.0. The first kappa shape index (κ1) is 18.5. The molecule has 28 heavy (non-hydrogen) atoms. The molecule has 3 amide bonds. The Morgan fingerprint density at radius 1 is 1.21 bits per heavy atom. The standard InChI is InChI=1S/C19H25N5O4/c1-2-28-19(27)23-7-5-22(6-8-23)18(26)14-9-15-17(20-10-14)21-11-16(25)24(15)12-13-3-4-13/h9-10,13H,2-8,11-12H2,1H3,(H,20,21). The van der Waals surface area contributed by atoms with Crippen LogP contribution in [0.25, 0.3) is 0 Å². The van der Waals surface area contributed by atoms with Gasteiger partial charge in [0.25, 0.3) is 5.91 Å². The minimum Gasteiger partial charge on any atom is -0.450 e. The van der Waals surface area contributed by atoms with E-state index in [0.29, 0.717) is 62.3 Å². The average Bonchev–Trinajstić information content (AvgIpc) is 3.54. The topological polar surface area (TPSA) is 95.1 Å². The van der Waals surface area contributed by atoms with E-state index in [0.717, 1.165) is 12.8 Å². The van der Waals surface area contributed by atoms with Gasteiger partial charge in [-0.25, -0.2) is 9.78 Å². The highest BCUT2D eigenvalue weighted by molar-refractivity contribution is 6.04. The summed E-state index contributed by atoms with van der Waals surface area (Å²) in [6.45, 7) is 4.79. The lowest BCUT2D eigenvalue weighted by molar-refractivity contribution is -0.117. The molecule has 9 nitrogen and oxygen atoms in total. The molecule has 0 unspecified atom stereocenters. The monoisotopic (exact) mass is 387 g/mol. The van der Waals surface area contributed by atoms with Gasteiger partial charge in [0.2, 0.25) is 5.91 Å². The molecule has 0 aromatic carbocycles. The van der Waals surface area contributed by atoms with E-state index in [1.54, 1.807) is 33.9 Å². The molecule has 4 rings (SSSR count). The van der Waals surface area contributed by atoms with Crippen LogP contribution in [-0.4, -0.2) is 78.6 Å². The fourth-order valence-corrected chi connectivity index (χ4v) is 3.55. The molecule has 9 heteroatoms. The normalized spacial score (nSPS) is 19.2. The van der Waals surface area contributed by atoms with Gasteiger partial charge in [0, 0.05) is 38.9 Å². The number of nitrogens with zero attached hydrogens (tertiary/aromatic N) is 4. The van der Waals surface area contributed by atoms with Gasteiger partial charge in [-0.05, 0) is 31.7 Å². The highest BCUT2D eigenvalue weighted by atomic mass is 16.6. The lowest BCUT2D eigenvalue weighted by Crippen LogP contribution is -2.50. The van der Waals surface area contributed by atoms with Crippen LogP contribution in [0.3, 0.4) is 0 Å². The second-order valence-electron chi connectivity index (χ2n) is 7.37. The first-order valence-corrected chi connectivity index (χ1v) is 9.82. The molecule has 0 bridgehead atoms. The smallest absolute Gasteiger partial charge is 0.409 e. The van der Waals surface area contributed by atoms with Gasteiger partial charge in [-0.3, -0.25) is 9.59 Å². The summed E-state index contributed by atoms with van der Waals surface area (Å²) in [6.07, 6.45) is 3.49. The molecule has 150 valence electrons. The number of pyridine rings is 1. The Morgan fingerprint density at radius 3 is 2.61 bits per heavy atom. The largest absolute Gasteiger partial charge is 0.450 e. The van der Waals surface area contributed by atoms with E-state index in [1.807, 2.05) is 0 Å². The summed E-state index contributed by atoms with van der Waals surface area (Å²) in [5.41, 5.74) is 1.14. The number of hydrogen-bond donors (Lipinski definition) is 1. The summed E-state index contributed by atoms with van der Waals surface area (Å²) in [7, 11) is 0. The molecule has 2 aliphatic heterocycles. The second-order valence-corrected chi connectivity index (χ2v) is 7.37. The molecule has 1 N–H and O–H groups in total. The number of anilines is 2. The number of hydrogen-bond acceptors (Lipinski definition) is 6. The Bertz CT molecular complexity index is 787. The zero-order chi connectivity index (χ0) is 19.7. The molecule has 1 saturated heterocycles. The lowest BCUT2D eigenvalue weighted by atomic mass is 10.1. The molecule has 0 radical (unpaired) electrons. The summed E-state index contributed by atoms with van der Waals surface area (Å²) in [5.74, 6) is 1.06. The zero-order valence-electron chi connectivity index (χ0n) is 16.0. The first-order chi connectivity index (χ1) is 13.6. The Morgan fingerprint density at radius 2 is 1.93 bits per heavy atom. The number of nitrogens with one attached hydrogen (secondary N) is 1. The Labute approximate surface area is 163 Å². The van der Waals surface area contributed by atoms with Crippen molar-refractivity contribution in [1.82, 2.24) is 14.8 Å². The highest BCUT2D eigenvalue weighted by Gasteiger charge is 2.33. The van der Waals surface area contributed by atoms with Crippen molar-refractivity contribution in [2.45, 2.75) is 19.8 Å². The summed E-state index contributed by atoms with van der Waals surface area (Å²) in [6, 6.07) is 1.76. The fraction of sp³-hybridized carbons (Fsp3) is 0.579. The van der Waals surface area contributed by atoms with Crippen LogP contribution in [0.4, 0.5) is 16.3 Å². The Balaban J connectivity index is 1.46. The van der Waals surface area contributed by atoms with Gasteiger partial charge in [0.1, 0.15) is 5.82 Å². The number of ether oxygens (including phenoxy) is 1. The lowest BCUT2D eigenvalue weighted by Gasteiger charge is -2.34. The molecule has 2 fully saturated rings. The Kier molecular flexibility index (Phi) is 5.06. The number of aromatic nitrogens is 1. The van der Waals surface area contributed by atoms with E-state index >= 15 is 0 Å². The van der Waals surface area contributed by atoms with Crippen LogP contribution in [0.15, 0.2) is 12.3 Å². The molecule has 0 spiro atoms. The molecule has 1 saturated carbocycles. The number of carbonyl (C=O) groups is 3. The van der Waals surface area contributed by atoms with E-state index in [1.165, 1.54) is 0 Å². The van der Waals surface area contributed by atoms with E-state index < -0.39 is 0 Å². The van der Waals surface area contributed by atoms with Gasteiger partial charge < -0.3 is 24.8 Å². The fourth-order valence-electron chi connectivity index (χ4n) is 3.55.